The van der Waals surface area contributed by atoms with Crippen molar-refractivity contribution < 1.29 is 14.3 Å². The smallest absolute Gasteiger partial charge is 0.259 e. The summed E-state index contributed by atoms with van der Waals surface area (Å²) in [4.78, 5) is 33.7. The van der Waals surface area contributed by atoms with E-state index in [1.807, 2.05) is 29.2 Å². The highest BCUT2D eigenvalue weighted by Crippen LogP contribution is 2.29. The van der Waals surface area contributed by atoms with Gasteiger partial charge >= 0.3 is 0 Å². The lowest BCUT2D eigenvalue weighted by Crippen LogP contribution is -2.50. The van der Waals surface area contributed by atoms with Crippen LogP contribution in [0.4, 0.5) is 0 Å². The number of hydrogen-bond acceptors (Lipinski definition) is 4. The summed E-state index contributed by atoms with van der Waals surface area (Å²) in [6, 6.07) is 10.9. The molecule has 1 saturated carbocycles. The van der Waals surface area contributed by atoms with Crippen LogP contribution in [0, 0.1) is 5.92 Å². The molecular weight excluding hydrogens is 458 g/mol. The van der Waals surface area contributed by atoms with Crippen LogP contribution in [0.1, 0.15) is 48.9 Å². The van der Waals surface area contributed by atoms with Crippen molar-refractivity contribution in [2.75, 3.05) is 26.2 Å². The zero-order valence-electron chi connectivity index (χ0n) is 17.6. The van der Waals surface area contributed by atoms with Crippen molar-refractivity contribution in [2.24, 2.45) is 5.92 Å². The van der Waals surface area contributed by atoms with E-state index in [0.29, 0.717) is 49.8 Å². The molecule has 2 fully saturated rings. The van der Waals surface area contributed by atoms with Crippen molar-refractivity contribution in [2.45, 2.75) is 38.5 Å². The van der Waals surface area contributed by atoms with E-state index in [2.05, 4.69) is 20.9 Å². The van der Waals surface area contributed by atoms with Gasteiger partial charge in [0.25, 0.3) is 5.91 Å². The van der Waals surface area contributed by atoms with Gasteiger partial charge in [-0.15, -0.1) is 0 Å². The second-order valence-electron chi connectivity index (χ2n) is 8.28. The summed E-state index contributed by atoms with van der Waals surface area (Å²) in [7, 11) is 0. The molecule has 6 nitrogen and oxygen atoms in total. The molecule has 2 aromatic rings. The molecule has 2 aliphatic rings. The van der Waals surface area contributed by atoms with Gasteiger partial charge in [-0.1, -0.05) is 47.7 Å². The van der Waals surface area contributed by atoms with E-state index in [1.165, 1.54) is 25.7 Å². The molecule has 0 bridgehead atoms. The third-order valence-corrected chi connectivity index (χ3v) is 6.67. The second-order valence-corrected chi connectivity index (χ2v) is 9.19. The number of halogens is 1. The molecule has 31 heavy (non-hydrogen) atoms. The maximum absolute atomic E-state index is 13.1. The first kappa shape index (κ1) is 21.8. The van der Waals surface area contributed by atoms with Crippen LogP contribution in [-0.4, -0.2) is 52.8 Å². The normalized spacial score (nSPS) is 17.1. The van der Waals surface area contributed by atoms with Crippen molar-refractivity contribution in [3.05, 3.63) is 52.6 Å². The van der Waals surface area contributed by atoms with Gasteiger partial charge < -0.3 is 14.5 Å². The van der Waals surface area contributed by atoms with Gasteiger partial charge in [-0.05, 0) is 42.7 Å². The number of aromatic nitrogens is 1. The fraction of sp³-hybridized carbons (Fsp3) is 0.458. The standard InChI is InChI=1S/C24H28BrN3O3/c25-19-7-3-8-20(17-19)31-23-21(9-4-12-26-23)24(30)28-15-13-27(14-16-28)22(29)11-10-18-5-1-2-6-18/h3-4,7-9,12,17-18H,1-2,5-6,10-11,13-16H2. The van der Waals surface area contributed by atoms with Crippen molar-refractivity contribution >= 4 is 27.7 Å². The molecule has 0 spiro atoms. The molecule has 1 aliphatic heterocycles. The maximum Gasteiger partial charge on any atom is 0.259 e. The van der Waals surface area contributed by atoms with Crippen LogP contribution in [-0.2, 0) is 4.79 Å². The van der Waals surface area contributed by atoms with E-state index in [1.54, 1.807) is 23.2 Å². The topological polar surface area (TPSA) is 62.7 Å². The van der Waals surface area contributed by atoms with Gasteiger partial charge in [0.1, 0.15) is 11.3 Å². The Kier molecular flexibility index (Phi) is 7.22. The van der Waals surface area contributed by atoms with Crippen LogP contribution in [0.5, 0.6) is 11.6 Å². The Balaban J connectivity index is 1.34. The second kappa shape index (κ2) is 10.3. The minimum atomic E-state index is -0.115. The fourth-order valence-electron chi connectivity index (χ4n) is 4.39. The molecule has 1 aromatic heterocycles. The van der Waals surface area contributed by atoms with E-state index in [0.717, 1.165) is 16.8 Å². The molecule has 0 N–H and O–H groups in total. The Bertz CT molecular complexity index is 922. The van der Waals surface area contributed by atoms with Gasteiger partial charge in [-0.25, -0.2) is 4.98 Å². The van der Waals surface area contributed by atoms with Crippen molar-refractivity contribution in [3.63, 3.8) is 0 Å². The van der Waals surface area contributed by atoms with E-state index in [9.17, 15) is 9.59 Å². The monoisotopic (exact) mass is 485 g/mol. The molecule has 1 aliphatic carbocycles. The molecule has 7 heteroatoms. The average Bonchev–Trinajstić information content (AvgIpc) is 3.31. The highest BCUT2D eigenvalue weighted by Gasteiger charge is 2.27. The number of piperazine rings is 1. The predicted molar refractivity (Wildman–Crippen MR) is 122 cm³/mol. The largest absolute Gasteiger partial charge is 0.438 e. The van der Waals surface area contributed by atoms with Gasteiger partial charge in [0.15, 0.2) is 0 Å². The highest BCUT2D eigenvalue weighted by molar-refractivity contribution is 9.10. The van der Waals surface area contributed by atoms with Crippen LogP contribution in [0.15, 0.2) is 47.1 Å². The first-order chi connectivity index (χ1) is 15.1. The molecule has 0 atom stereocenters. The summed E-state index contributed by atoms with van der Waals surface area (Å²) in [5.74, 6) is 1.73. The number of amides is 2. The Morgan fingerprint density at radius 1 is 1.03 bits per heavy atom. The number of pyridine rings is 1. The van der Waals surface area contributed by atoms with E-state index < -0.39 is 0 Å². The molecule has 0 radical (unpaired) electrons. The molecule has 1 aromatic carbocycles. The third kappa shape index (κ3) is 5.64. The number of carbonyl (C=O) groups excluding carboxylic acids is 2. The first-order valence-corrected chi connectivity index (χ1v) is 11.8. The van der Waals surface area contributed by atoms with Gasteiger partial charge in [-0.3, -0.25) is 9.59 Å². The van der Waals surface area contributed by atoms with Crippen molar-refractivity contribution in [1.29, 1.82) is 0 Å². The lowest BCUT2D eigenvalue weighted by molar-refractivity contribution is -0.133. The number of ether oxygens (including phenoxy) is 1. The SMILES string of the molecule is O=C(CCC1CCCC1)N1CCN(C(=O)c2cccnc2Oc2cccc(Br)c2)CC1. The summed E-state index contributed by atoms with van der Waals surface area (Å²) in [6.45, 7) is 2.22. The zero-order chi connectivity index (χ0) is 21.6. The Labute approximate surface area is 191 Å². The van der Waals surface area contributed by atoms with Crippen LogP contribution in [0.3, 0.4) is 0 Å². The number of benzene rings is 1. The molecular formula is C24H28BrN3O3. The Morgan fingerprint density at radius 2 is 1.77 bits per heavy atom. The van der Waals surface area contributed by atoms with Crippen LogP contribution < -0.4 is 4.74 Å². The lowest BCUT2D eigenvalue weighted by Gasteiger charge is -2.35. The van der Waals surface area contributed by atoms with E-state index in [4.69, 9.17) is 4.74 Å². The van der Waals surface area contributed by atoms with Gasteiger partial charge in [0.2, 0.25) is 11.8 Å². The van der Waals surface area contributed by atoms with Crippen LogP contribution in [0.2, 0.25) is 0 Å². The third-order valence-electron chi connectivity index (χ3n) is 6.17. The molecule has 0 unspecified atom stereocenters. The number of hydrogen-bond donors (Lipinski definition) is 0. The van der Waals surface area contributed by atoms with Crippen LogP contribution >= 0.6 is 15.9 Å². The summed E-state index contributed by atoms with van der Waals surface area (Å²) in [5.41, 5.74) is 0.434. The Hall–Kier alpha value is -2.41. The number of rotatable bonds is 6. The number of nitrogens with zero attached hydrogens (tertiary/aromatic N) is 3. The minimum absolute atomic E-state index is 0.115. The molecule has 4 rings (SSSR count). The molecule has 2 amide bonds. The van der Waals surface area contributed by atoms with E-state index >= 15 is 0 Å². The van der Waals surface area contributed by atoms with Gasteiger partial charge in [-0.2, -0.15) is 0 Å². The zero-order valence-corrected chi connectivity index (χ0v) is 19.2. The van der Waals surface area contributed by atoms with Crippen molar-refractivity contribution in [3.8, 4) is 11.6 Å². The summed E-state index contributed by atoms with van der Waals surface area (Å²) >= 11 is 3.43. The summed E-state index contributed by atoms with van der Waals surface area (Å²) in [5, 5.41) is 0. The number of carbonyl (C=O) groups is 2. The first-order valence-electron chi connectivity index (χ1n) is 11.1. The summed E-state index contributed by atoms with van der Waals surface area (Å²) < 4.78 is 6.78. The summed E-state index contributed by atoms with van der Waals surface area (Å²) in [6.07, 6.45) is 8.40. The maximum atomic E-state index is 13.1. The quantitative estimate of drug-likeness (QED) is 0.584. The Morgan fingerprint density at radius 3 is 2.52 bits per heavy atom. The van der Waals surface area contributed by atoms with E-state index in [-0.39, 0.29) is 11.8 Å². The lowest BCUT2D eigenvalue weighted by atomic mass is 10.0. The van der Waals surface area contributed by atoms with Crippen LogP contribution in [0.25, 0.3) is 0 Å². The predicted octanol–water partition coefficient (Wildman–Crippen LogP) is 4.89. The van der Waals surface area contributed by atoms with Crippen molar-refractivity contribution in [1.82, 2.24) is 14.8 Å². The fourth-order valence-corrected chi connectivity index (χ4v) is 4.77. The molecule has 2 heterocycles. The van der Waals surface area contributed by atoms with Gasteiger partial charge in [0.05, 0.1) is 0 Å². The molecule has 1 saturated heterocycles. The molecule has 164 valence electrons. The minimum Gasteiger partial charge on any atom is -0.438 e. The highest BCUT2D eigenvalue weighted by atomic mass is 79.9. The van der Waals surface area contributed by atoms with Gasteiger partial charge in [0, 0.05) is 43.3 Å². The average molecular weight is 486 g/mol.